The molecule has 2 fully saturated rings. The van der Waals surface area contributed by atoms with E-state index >= 15 is 0 Å². The van der Waals surface area contributed by atoms with E-state index < -0.39 is 43.8 Å². The Hall–Kier alpha value is -3.76. The lowest BCUT2D eigenvalue weighted by atomic mass is 9.85. The first-order valence-corrected chi connectivity index (χ1v) is 16.1. The minimum Gasteiger partial charge on any atom is -0.467 e. The van der Waals surface area contributed by atoms with Gasteiger partial charge in [0.2, 0.25) is 6.04 Å². The van der Waals surface area contributed by atoms with Gasteiger partial charge in [-0.15, -0.1) is 0 Å². The molecule has 0 radical (unpaired) electrons. The molecule has 1 unspecified atom stereocenters. The maximum Gasteiger partial charge on any atom is 0.417 e. The number of fused-ring (bicyclic) bond motifs is 1. The fourth-order valence-corrected chi connectivity index (χ4v) is 10.9. The molecule has 0 spiro atoms. The summed E-state index contributed by atoms with van der Waals surface area (Å²) in [6.45, 7) is 9.19. The summed E-state index contributed by atoms with van der Waals surface area (Å²) in [6.07, 6.45) is 1.94. The summed E-state index contributed by atoms with van der Waals surface area (Å²) in [5.41, 5.74) is -0.404. The number of methoxy groups -OCH3 is 2. The van der Waals surface area contributed by atoms with Crippen LogP contribution in [0.1, 0.15) is 47.0 Å². The summed E-state index contributed by atoms with van der Waals surface area (Å²) < 4.78 is 16.6. The number of hydrogen-bond acceptors (Lipinski definition) is 7. The predicted molar refractivity (Wildman–Crippen MR) is 161 cm³/mol. The van der Waals surface area contributed by atoms with Crippen LogP contribution in [0.5, 0.6) is 0 Å². The molecular weight excluding hydrogens is 552 g/mol. The molecule has 2 saturated heterocycles. The van der Waals surface area contributed by atoms with Gasteiger partial charge >= 0.3 is 12.1 Å². The summed E-state index contributed by atoms with van der Waals surface area (Å²) in [6, 6.07) is 18.9. The SMILES string of the molecule is COC(=O)C1C(=O)N2CCC[C@@]2(C/C=C(\C)CO[Si](c2ccccc2)(c2ccccc2)C(C)(C)C)C(=O)N1C(=O)OC. The van der Waals surface area contributed by atoms with E-state index in [4.69, 9.17) is 13.9 Å². The van der Waals surface area contributed by atoms with Crippen molar-refractivity contribution in [2.75, 3.05) is 27.4 Å². The molecule has 9 nitrogen and oxygen atoms in total. The number of piperazine rings is 1. The Morgan fingerprint density at radius 2 is 1.55 bits per heavy atom. The molecule has 4 rings (SSSR count). The van der Waals surface area contributed by atoms with Gasteiger partial charge in [0.15, 0.2) is 0 Å². The highest BCUT2D eigenvalue weighted by Crippen LogP contribution is 2.41. The summed E-state index contributed by atoms with van der Waals surface area (Å²) >= 11 is 0. The van der Waals surface area contributed by atoms with Crippen molar-refractivity contribution in [3.8, 4) is 0 Å². The Bertz CT molecular complexity index is 1320. The van der Waals surface area contributed by atoms with E-state index in [1.54, 1.807) is 0 Å². The van der Waals surface area contributed by atoms with Gasteiger partial charge in [-0.25, -0.2) is 14.5 Å². The summed E-state index contributed by atoms with van der Waals surface area (Å²) in [4.78, 5) is 54.6. The molecule has 3 amide bonds. The van der Waals surface area contributed by atoms with Crippen molar-refractivity contribution in [2.45, 2.75) is 63.6 Å². The van der Waals surface area contributed by atoms with Crippen LogP contribution in [-0.2, 0) is 28.3 Å². The van der Waals surface area contributed by atoms with Crippen LogP contribution in [0.3, 0.4) is 0 Å². The smallest absolute Gasteiger partial charge is 0.417 e. The fraction of sp³-hybridized carbons (Fsp3) is 0.438. The van der Waals surface area contributed by atoms with Gasteiger partial charge in [0, 0.05) is 6.54 Å². The third-order valence-electron chi connectivity index (χ3n) is 8.38. The van der Waals surface area contributed by atoms with Crippen molar-refractivity contribution in [1.29, 1.82) is 0 Å². The standard InChI is InChI=1S/C32H40N2O7Si/c1-23(22-41-42(31(2,3)4,24-14-9-7-10-15-24)25-16-11-8-12-17-25)18-20-32-19-13-21-33(32)27(35)26(28(36)39-5)34(29(32)37)30(38)40-6/h7-12,14-18,26H,13,19-22H2,1-6H3/b23-18+/t26?,32-/m1/s1. The number of rotatable bonds is 8. The molecule has 0 aromatic heterocycles. The normalized spacial score (nSPS) is 21.3. The van der Waals surface area contributed by atoms with Crippen LogP contribution >= 0.6 is 0 Å². The number of carbonyl (C=O) groups is 4. The highest BCUT2D eigenvalue weighted by atomic mass is 28.4. The molecule has 0 saturated carbocycles. The quantitative estimate of drug-likeness (QED) is 0.200. The zero-order chi connectivity index (χ0) is 30.7. The monoisotopic (exact) mass is 592 g/mol. The van der Waals surface area contributed by atoms with Gasteiger partial charge in [0.05, 0.1) is 20.8 Å². The number of benzene rings is 2. The number of esters is 1. The predicted octanol–water partition coefficient (Wildman–Crippen LogP) is 3.41. The van der Waals surface area contributed by atoms with E-state index in [1.807, 2.05) is 49.4 Å². The van der Waals surface area contributed by atoms with Gasteiger partial charge in [-0.1, -0.05) is 93.1 Å². The van der Waals surface area contributed by atoms with Gasteiger partial charge < -0.3 is 18.8 Å². The number of hydrogen-bond donors (Lipinski definition) is 0. The highest BCUT2D eigenvalue weighted by molar-refractivity contribution is 6.99. The Balaban J connectivity index is 1.67. The largest absolute Gasteiger partial charge is 0.467 e. The maximum absolute atomic E-state index is 13.9. The molecule has 2 heterocycles. The first kappa shape index (κ1) is 31.2. The fourth-order valence-electron chi connectivity index (χ4n) is 6.31. The molecule has 2 aromatic carbocycles. The lowest BCUT2D eigenvalue weighted by molar-refractivity contribution is -0.173. The van der Waals surface area contributed by atoms with E-state index in [0.717, 1.165) is 30.2 Å². The maximum atomic E-state index is 13.9. The van der Waals surface area contributed by atoms with Crippen LogP contribution in [0.25, 0.3) is 0 Å². The van der Waals surface area contributed by atoms with Crippen LogP contribution in [0.15, 0.2) is 72.3 Å². The molecule has 42 heavy (non-hydrogen) atoms. The number of imide groups is 1. The molecule has 2 atom stereocenters. The lowest BCUT2D eigenvalue weighted by Crippen LogP contribution is -2.72. The van der Waals surface area contributed by atoms with Gasteiger partial charge in [-0.2, -0.15) is 0 Å². The van der Waals surface area contributed by atoms with Gasteiger partial charge in [0.1, 0.15) is 5.54 Å². The summed E-state index contributed by atoms with van der Waals surface area (Å²) in [7, 11) is -0.567. The number of ether oxygens (including phenoxy) is 2. The molecule has 0 N–H and O–H groups in total. The van der Waals surface area contributed by atoms with E-state index in [-0.39, 0.29) is 11.5 Å². The number of nitrogens with zero attached hydrogens (tertiary/aromatic N) is 2. The van der Waals surface area contributed by atoms with Crippen molar-refractivity contribution >= 4 is 42.6 Å². The molecule has 2 aromatic rings. The molecule has 0 aliphatic carbocycles. The van der Waals surface area contributed by atoms with Crippen LogP contribution in [0.4, 0.5) is 4.79 Å². The van der Waals surface area contributed by atoms with Crippen molar-refractivity contribution < 1.29 is 33.1 Å². The van der Waals surface area contributed by atoms with Gasteiger partial charge in [-0.3, -0.25) is 9.59 Å². The zero-order valence-electron chi connectivity index (χ0n) is 25.2. The minimum atomic E-state index is -2.78. The van der Waals surface area contributed by atoms with Gasteiger partial charge in [0.25, 0.3) is 20.1 Å². The second-order valence-electron chi connectivity index (χ2n) is 11.9. The molecule has 224 valence electrons. The lowest BCUT2D eigenvalue weighted by Gasteiger charge is -2.46. The van der Waals surface area contributed by atoms with Crippen LogP contribution in [0, 0.1) is 0 Å². The van der Waals surface area contributed by atoms with Crippen molar-refractivity contribution in [3.05, 3.63) is 72.3 Å². The Labute approximate surface area is 248 Å². The second kappa shape index (κ2) is 12.2. The van der Waals surface area contributed by atoms with Gasteiger partial charge in [-0.05, 0) is 41.6 Å². The first-order chi connectivity index (χ1) is 19.9. The molecule has 10 heteroatoms. The molecule has 0 bridgehead atoms. The van der Waals surface area contributed by atoms with E-state index in [9.17, 15) is 19.2 Å². The first-order valence-electron chi connectivity index (χ1n) is 14.2. The average Bonchev–Trinajstić information content (AvgIpc) is 3.43. The minimum absolute atomic E-state index is 0.175. The third-order valence-corrected chi connectivity index (χ3v) is 13.4. The Morgan fingerprint density at radius 1 is 0.976 bits per heavy atom. The third kappa shape index (κ3) is 5.29. The molecular formula is C32H40N2O7Si. The van der Waals surface area contributed by atoms with Crippen LogP contribution in [-0.4, -0.2) is 80.9 Å². The summed E-state index contributed by atoms with van der Waals surface area (Å²) in [5.74, 6) is -2.26. The topological polar surface area (TPSA) is 102 Å². The Kier molecular flexibility index (Phi) is 9.08. The zero-order valence-corrected chi connectivity index (χ0v) is 26.2. The highest BCUT2D eigenvalue weighted by Gasteiger charge is 2.62. The number of carbonyl (C=O) groups excluding carboxylic acids is 4. The second-order valence-corrected chi connectivity index (χ2v) is 16.2. The van der Waals surface area contributed by atoms with Crippen molar-refractivity contribution in [1.82, 2.24) is 9.80 Å². The molecule has 2 aliphatic rings. The number of amides is 3. The van der Waals surface area contributed by atoms with Crippen LogP contribution < -0.4 is 10.4 Å². The summed E-state index contributed by atoms with van der Waals surface area (Å²) in [5, 5.41) is 2.12. The van der Waals surface area contributed by atoms with Crippen molar-refractivity contribution in [3.63, 3.8) is 0 Å². The van der Waals surface area contributed by atoms with E-state index in [1.165, 1.54) is 4.90 Å². The van der Waals surface area contributed by atoms with Crippen LogP contribution in [0.2, 0.25) is 5.04 Å². The Morgan fingerprint density at radius 3 is 2.05 bits per heavy atom. The van der Waals surface area contributed by atoms with E-state index in [2.05, 4.69) is 45.0 Å². The molecule has 2 aliphatic heterocycles. The van der Waals surface area contributed by atoms with E-state index in [0.29, 0.717) is 30.9 Å². The van der Waals surface area contributed by atoms with Crippen molar-refractivity contribution in [2.24, 2.45) is 0 Å². The average molecular weight is 593 g/mol.